The van der Waals surface area contributed by atoms with Crippen LogP contribution in [0, 0.1) is 0 Å². The van der Waals surface area contributed by atoms with Crippen molar-refractivity contribution in [2.45, 2.75) is 62.5 Å². The second-order valence-electron chi connectivity index (χ2n) is 7.01. The van der Waals surface area contributed by atoms with Crippen molar-refractivity contribution in [3.63, 3.8) is 0 Å². The zero-order valence-corrected chi connectivity index (χ0v) is 14.3. The first kappa shape index (κ1) is 16.9. The molecule has 0 unspecified atom stereocenters. The Labute approximate surface area is 147 Å². The van der Waals surface area contributed by atoms with Crippen LogP contribution in [0.4, 0.5) is 0 Å². The van der Waals surface area contributed by atoms with Crippen LogP contribution in [0.2, 0.25) is 0 Å². The van der Waals surface area contributed by atoms with Gasteiger partial charge in [0.2, 0.25) is 0 Å². The second kappa shape index (κ2) is 7.00. The Morgan fingerprint density at radius 1 is 1.28 bits per heavy atom. The van der Waals surface area contributed by atoms with Crippen molar-refractivity contribution in [1.82, 2.24) is 0 Å². The number of benzene rings is 1. The lowest BCUT2D eigenvalue weighted by molar-refractivity contribution is -0.311. The van der Waals surface area contributed by atoms with Gasteiger partial charge in [-0.15, -0.1) is 0 Å². The normalized spacial score (nSPS) is 37.8. The van der Waals surface area contributed by atoms with Gasteiger partial charge in [-0.1, -0.05) is 36.9 Å². The van der Waals surface area contributed by atoms with Crippen LogP contribution in [-0.4, -0.2) is 43.1 Å². The summed E-state index contributed by atoms with van der Waals surface area (Å²) < 4.78 is 24.3. The van der Waals surface area contributed by atoms with Crippen LogP contribution in [-0.2, 0) is 30.3 Å². The van der Waals surface area contributed by atoms with E-state index in [0.717, 1.165) is 44.1 Å². The number of carbonyl (C=O) groups excluding carboxylic acids is 1. The summed E-state index contributed by atoms with van der Waals surface area (Å²) in [4.78, 5) is 11.4. The number of carbonyl (C=O) groups is 1. The predicted molar refractivity (Wildman–Crippen MR) is 90.9 cm³/mol. The summed E-state index contributed by atoms with van der Waals surface area (Å²) in [5.74, 6) is -0.521. The lowest BCUT2D eigenvalue weighted by Gasteiger charge is -2.49. The van der Waals surface area contributed by atoms with Crippen molar-refractivity contribution in [2.24, 2.45) is 0 Å². The molecule has 3 fully saturated rings. The summed E-state index contributed by atoms with van der Waals surface area (Å²) in [7, 11) is 0. The smallest absolute Gasteiger partial charge is 0.169 e. The molecule has 3 aliphatic rings. The molecule has 0 aromatic heterocycles. The molecule has 0 bridgehead atoms. The van der Waals surface area contributed by atoms with Crippen molar-refractivity contribution in [1.29, 1.82) is 0 Å². The molecular formula is C20H24O5. The highest BCUT2D eigenvalue weighted by Gasteiger charge is 2.52. The Morgan fingerprint density at radius 2 is 2.12 bits per heavy atom. The van der Waals surface area contributed by atoms with Crippen molar-refractivity contribution in [3.8, 4) is 0 Å². The first-order valence-electron chi connectivity index (χ1n) is 8.97. The van der Waals surface area contributed by atoms with E-state index in [1.807, 2.05) is 30.3 Å². The Bertz CT molecular complexity index is 622. The molecule has 0 amide bonds. The summed E-state index contributed by atoms with van der Waals surface area (Å²) in [5, 5.41) is 0. The predicted octanol–water partition coefficient (Wildman–Crippen LogP) is 2.78. The van der Waals surface area contributed by atoms with Gasteiger partial charge in [-0.3, -0.25) is 0 Å². The standard InChI is InChI=1S/C20H24O5/c1-14-17(12-21)24-16-8-10-20(9-5-11-23-20)25-19(16)18(14)22-13-15-6-3-2-4-7-15/h2-4,6-7,12,16-19H,1,5,8-11,13H2/t16-,17-,18-,19-,20-/m1/s1. The van der Waals surface area contributed by atoms with E-state index in [9.17, 15) is 4.79 Å². The van der Waals surface area contributed by atoms with Gasteiger partial charge in [-0.2, -0.15) is 0 Å². The fourth-order valence-electron chi connectivity index (χ4n) is 4.00. The van der Waals surface area contributed by atoms with Crippen molar-refractivity contribution < 1.29 is 23.7 Å². The number of hydrogen-bond acceptors (Lipinski definition) is 5. The number of hydrogen-bond donors (Lipinski definition) is 0. The maximum atomic E-state index is 11.4. The first-order chi connectivity index (χ1) is 12.2. The lowest BCUT2D eigenvalue weighted by atomic mass is 9.87. The van der Waals surface area contributed by atoms with Gasteiger partial charge in [-0.05, 0) is 24.0 Å². The molecule has 1 aromatic rings. The molecule has 3 heterocycles. The van der Waals surface area contributed by atoms with Crippen molar-refractivity contribution in [3.05, 3.63) is 48.0 Å². The summed E-state index contributed by atoms with van der Waals surface area (Å²) in [6.45, 7) is 5.23. The summed E-state index contributed by atoms with van der Waals surface area (Å²) in [5.41, 5.74) is 1.70. The van der Waals surface area contributed by atoms with Crippen LogP contribution >= 0.6 is 0 Å². The molecule has 3 aliphatic heterocycles. The molecule has 0 saturated carbocycles. The van der Waals surface area contributed by atoms with Gasteiger partial charge in [0.05, 0.1) is 19.3 Å². The molecule has 5 nitrogen and oxygen atoms in total. The van der Waals surface area contributed by atoms with Crippen LogP contribution in [0.3, 0.4) is 0 Å². The molecule has 1 aromatic carbocycles. The van der Waals surface area contributed by atoms with E-state index in [1.54, 1.807) is 0 Å². The zero-order chi connectivity index (χ0) is 17.3. The van der Waals surface area contributed by atoms with Gasteiger partial charge >= 0.3 is 0 Å². The molecule has 0 N–H and O–H groups in total. The van der Waals surface area contributed by atoms with Crippen LogP contribution in [0.25, 0.3) is 0 Å². The van der Waals surface area contributed by atoms with Gasteiger partial charge < -0.3 is 23.7 Å². The summed E-state index contributed by atoms with van der Waals surface area (Å²) >= 11 is 0. The summed E-state index contributed by atoms with van der Waals surface area (Å²) in [6.07, 6.45) is 2.81. The number of rotatable bonds is 4. The minimum atomic E-state index is -0.635. The van der Waals surface area contributed by atoms with E-state index in [2.05, 4.69) is 6.58 Å². The van der Waals surface area contributed by atoms with E-state index < -0.39 is 11.9 Å². The molecule has 5 atom stereocenters. The minimum Gasteiger partial charge on any atom is -0.366 e. The number of fused-ring (bicyclic) bond motifs is 1. The average molecular weight is 344 g/mol. The van der Waals surface area contributed by atoms with Gasteiger partial charge in [-0.25, -0.2) is 0 Å². The Balaban J connectivity index is 1.53. The van der Waals surface area contributed by atoms with Crippen molar-refractivity contribution >= 4 is 6.29 Å². The quantitative estimate of drug-likeness (QED) is 0.621. The van der Waals surface area contributed by atoms with Gasteiger partial charge in [0.25, 0.3) is 0 Å². The van der Waals surface area contributed by atoms with E-state index in [0.29, 0.717) is 12.2 Å². The van der Waals surface area contributed by atoms with E-state index in [4.69, 9.17) is 18.9 Å². The Hall–Kier alpha value is -1.53. The molecule has 4 rings (SSSR count). The fourth-order valence-corrected chi connectivity index (χ4v) is 4.00. The van der Waals surface area contributed by atoms with E-state index >= 15 is 0 Å². The molecule has 0 aliphatic carbocycles. The maximum Gasteiger partial charge on any atom is 0.169 e. The third-order valence-corrected chi connectivity index (χ3v) is 5.34. The fraction of sp³-hybridized carbons (Fsp3) is 0.550. The van der Waals surface area contributed by atoms with Crippen molar-refractivity contribution in [2.75, 3.05) is 6.61 Å². The second-order valence-corrected chi connectivity index (χ2v) is 7.01. The highest BCUT2D eigenvalue weighted by Crippen LogP contribution is 2.43. The molecule has 134 valence electrons. The van der Waals surface area contributed by atoms with Gasteiger partial charge in [0.1, 0.15) is 18.3 Å². The number of ether oxygens (including phenoxy) is 4. The highest BCUT2D eigenvalue weighted by molar-refractivity contribution is 5.62. The Morgan fingerprint density at radius 3 is 2.84 bits per heavy atom. The molecule has 5 heteroatoms. The Kier molecular flexibility index (Phi) is 4.73. The molecule has 1 spiro atoms. The number of aldehydes is 1. The highest BCUT2D eigenvalue weighted by atomic mass is 16.7. The zero-order valence-electron chi connectivity index (χ0n) is 14.3. The van der Waals surface area contributed by atoms with Crippen LogP contribution in [0.15, 0.2) is 42.5 Å². The van der Waals surface area contributed by atoms with Gasteiger partial charge in [0.15, 0.2) is 12.1 Å². The van der Waals surface area contributed by atoms with E-state index in [-0.39, 0.29) is 18.3 Å². The molecule has 3 saturated heterocycles. The maximum absolute atomic E-state index is 11.4. The monoisotopic (exact) mass is 344 g/mol. The third-order valence-electron chi connectivity index (χ3n) is 5.34. The topological polar surface area (TPSA) is 54.0 Å². The SMILES string of the molecule is C=C1[C@@H](OCc2ccccc2)[C@@H]2O[C@]3(CCCO3)CC[C@H]2O[C@@H]1C=O. The van der Waals surface area contributed by atoms with Gasteiger partial charge in [0, 0.05) is 12.8 Å². The minimum absolute atomic E-state index is 0.170. The molecule has 0 radical (unpaired) electrons. The van der Waals surface area contributed by atoms with Crippen LogP contribution in [0.5, 0.6) is 0 Å². The largest absolute Gasteiger partial charge is 0.366 e. The molecule has 25 heavy (non-hydrogen) atoms. The lowest BCUT2D eigenvalue weighted by Crippen LogP contribution is -2.59. The molecular weight excluding hydrogens is 320 g/mol. The third kappa shape index (κ3) is 3.29. The summed E-state index contributed by atoms with van der Waals surface area (Å²) in [6, 6.07) is 9.96. The average Bonchev–Trinajstić information content (AvgIpc) is 3.09. The van der Waals surface area contributed by atoms with E-state index in [1.165, 1.54) is 0 Å². The van der Waals surface area contributed by atoms with Crippen LogP contribution < -0.4 is 0 Å². The van der Waals surface area contributed by atoms with Crippen LogP contribution in [0.1, 0.15) is 31.2 Å². The first-order valence-corrected chi connectivity index (χ1v) is 8.97.